The number of nitrogens with two attached hydrogens (primary N) is 1. The third-order valence-electron chi connectivity index (χ3n) is 7.05. The molecule has 2 N–H and O–H groups in total. The predicted octanol–water partition coefficient (Wildman–Crippen LogP) is 4.03. The van der Waals surface area contributed by atoms with Gasteiger partial charge < -0.3 is 15.2 Å². The predicted molar refractivity (Wildman–Crippen MR) is 121 cm³/mol. The monoisotopic (exact) mass is 409 g/mol. The third kappa shape index (κ3) is 3.77. The Bertz CT molecular complexity index is 922. The second-order valence-electron chi connectivity index (χ2n) is 9.21. The van der Waals surface area contributed by atoms with Gasteiger partial charge in [-0.1, -0.05) is 25.1 Å². The zero-order valence-corrected chi connectivity index (χ0v) is 19.0. The number of nitrogens with zero attached hydrogens (tertiary/aromatic N) is 2. The molecule has 0 amide bonds. The van der Waals surface area contributed by atoms with Gasteiger partial charge in [0.05, 0.1) is 7.11 Å². The molecule has 3 aliphatic rings. The number of hydrogen-bond acceptors (Lipinski definition) is 5. The normalized spacial score (nSPS) is 25.6. The molecule has 1 fully saturated rings. The van der Waals surface area contributed by atoms with Crippen molar-refractivity contribution in [2.45, 2.75) is 40.7 Å². The molecule has 162 valence electrons. The van der Waals surface area contributed by atoms with E-state index in [0.29, 0.717) is 0 Å². The van der Waals surface area contributed by atoms with E-state index in [9.17, 15) is 0 Å². The Hall–Kier alpha value is -2.24. The van der Waals surface area contributed by atoms with Crippen molar-refractivity contribution in [3.63, 3.8) is 0 Å². The maximum atomic E-state index is 6.77. The number of fused-ring (bicyclic) bond motifs is 1. The number of methoxy groups -OCH3 is 1. The maximum absolute atomic E-state index is 6.77. The van der Waals surface area contributed by atoms with Crippen molar-refractivity contribution in [3.05, 3.63) is 63.8 Å². The molecule has 2 aliphatic heterocycles. The van der Waals surface area contributed by atoms with Crippen LogP contribution in [0.4, 0.5) is 0 Å². The first-order valence-electron chi connectivity index (χ1n) is 10.9. The van der Waals surface area contributed by atoms with Gasteiger partial charge in [-0.25, -0.2) is 0 Å². The number of benzene rings is 1. The summed E-state index contributed by atoms with van der Waals surface area (Å²) in [5.74, 6) is 2.97. The summed E-state index contributed by atoms with van der Waals surface area (Å²) >= 11 is 0. The fraction of sp³-hybridized carbons (Fsp3) is 0.520. The molecule has 2 heterocycles. The number of piperazine rings is 1. The van der Waals surface area contributed by atoms with Crippen LogP contribution in [0.2, 0.25) is 0 Å². The zero-order valence-electron chi connectivity index (χ0n) is 19.0. The first-order valence-corrected chi connectivity index (χ1v) is 10.9. The molecule has 0 aromatic heterocycles. The minimum absolute atomic E-state index is 0.0357. The van der Waals surface area contributed by atoms with Crippen LogP contribution in [-0.2, 0) is 11.3 Å². The quantitative estimate of drug-likeness (QED) is 0.796. The highest BCUT2D eigenvalue weighted by atomic mass is 16.5. The molecule has 1 atom stereocenters. The number of ether oxygens (including phenoxy) is 2. The van der Waals surface area contributed by atoms with E-state index >= 15 is 0 Å². The van der Waals surface area contributed by atoms with Crippen molar-refractivity contribution in [1.29, 1.82) is 0 Å². The summed E-state index contributed by atoms with van der Waals surface area (Å²) in [4.78, 5) is 5.09. The maximum Gasteiger partial charge on any atom is 0.123 e. The van der Waals surface area contributed by atoms with Gasteiger partial charge in [0, 0.05) is 67.1 Å². The van der Waals surface area contributed by atoms with Crippen molar-refractivity contribution >= 4 is 0 Å². The number of para-hydroxylation sites is 1. The van der Waals surface area contributed by atoms with Crippen LogP contribution in [-0.4, -0.2) is 49.6 Å². The Morgan fingerprint density at radius 3 is 2.40 bits per heavy atom. The minimum atomic E-state index is -0.0357. The molecule has 0 bridgehead atoms. The van der Waals surface area contributed by atoms with Gasteiger partial charge in [0.15, 0.2) is 0 Å². The summed E-state index contributed by atoms with van der Waals surface area (Å²) in [6.07, 6.45) is 0.964. The number of rotatable bonds is 5. The molecule has 5 heteroatoms. The lowest BCUT2D eigenvalue weighted by molar-refractivity contribution is 0.0985. The second kappa shape index (κ2) is 8.12. The SMILES string of the molecule is COc1ccccc1CN1CCN(CC2(C)CC3=C(C)OC(C)=C(C)C3=C2N)CC1. The molecule has 1 aromatic carbocycles. The first-order chi connectivity index (χ1) is 14.3. The van der Waals surface area contributed by atoms with E-state index in [1.165, 1.54) is 22.3 Å². The minimum Gasteiger partial charge on any atom is -0.496 e. The van der Waals surface area contributed by atoms with Gasteiger partial charge in [-0.2, -0.15) is 0 Å². The van der Waals surface area contributed by atoms with Gasteiger partial charge in [0.25, 0.3) is 0 Å². The van der Waals surface area contributed by atoms with Crippen molar-refractivity contribution in [1.82, 2.24) is 9.80 Å². The lowest BCUT2D eigenvalue weighted by Crippen LogP contribution is -2.49. The van der Waals surface area contributed by atoms with Crippen molar-refractivity contribution in [2.75, 3.05) is 39.8 Å². The van der Waals surface area contributed by atoms with Crippen LogP contribution in [0.25, 0.3) is 0 Å². The summed E-state index contributed by atoms with van der Waals surface area (Å²) in [6, 6.07) is 8.32. The topological polar surface area (TPSA) is 51.0 Å². The fourth-order valence-corrected chi connectivity index (χ4v) is 5.13. The van der Waals surface area contributed by atoms with Crippen molar-refractivity contribution < 1.29 is 9.47 Å². The van der Waals surface area contributed by atoms with Gasteiger partial charge in [-0.3, -0.25) is 9.80 Å². The Morgan fingerprint density at radius 2 is 1.70 bits per heavy atom. The fourth-order valence-electron chi connectivity index (χ4n) is 5.13. The molecule has 0 spiro atoms. The molecule has 1 saturated heterocycles. The Morgan fingerprint density at radius 1 is 1.03 bits per heavy atom. The largest absolute Gasteiger partial charge is 0.496 e. The zero-order chi connectivity index (χ0) is 21.5. The summed E-state index contributed by atoms with van der Waals surface area (Å²) in [5.41, 5.74) is 12.8. The van der Waals surface area contributed by atoms with Gasteiger partial charge in [0.1, 0.15) is 17.3 Å². The van der Waals surface area contributed by atoms with E-state index in [2.05, 4.69) is 42.7 Å². The Balaban J connectivity index is 1.41. The van der Waals surface area contributed by atoms with Gasteiger partial charge in [0.2, 0.25) is 0 Å². The highest BCUT2D eigenvalue weighted by Crippen LogP contribution is 2.50. The molecule has 0 radical (unpaired) electrons. The third-order valence-corrected chi connectivity index (χ3v) is 7.05. The van der Waals surface area contributed by atoms with Gasteiger partial charge in [-0.05, 0) is 38.8 Å². The molecular formula is C25H35N3O2. The van der Waals surface area contributed by atoms with E-state index in [0.717, 1.165) is 68.7 Å². The Kier molecular flexibility index (Phi) is 5.69. The van der Waals surface area contributed by atoms with E-state index in [1.807, 2.05) is 19.1 Å². The van der Waals surface area contributed by atoms with Crippen molar-refractivity contribution in [2.24, 2.45) is 11.1 Å². The van der Waals surface area contributed by atoms with Crippen LogP contribution >= 0.6 is 0 Å². The van der Waals surface area contributed by atoms with E-state index < -0.39 is 0 Å². The Labute approximate surface area is 180 Å². The standard InChI is InChI=1S/C25H35N3O2/c1-17-18(2)30-19(3)21-14-25(4,24(26)23(17)21)16-28-12-10-27(11-13-28)15-20-8-6-7-9-22(20)29-5/h6-9H,10-16,26H2,1-5H3. The van der Waals surface area contributed by atoms with Crippen LogP contribution < -0.4 is 10.5 Å². The molecular weight excluding hydrogens is 374 g/mol. The second-order valence-corrected chi connectivity index (χ2v) is 9.21. The van der Waals surface area contributed by atoms with Gasteiger partial charge >= 0.3 is 0 Å². The molecule has 1 aromatic rings. The number of hydrogen-bond donors (Lipinski definition) is 1. The van der Waals surface area contributed by atoms with Crippen LogP contribution in [0.3, 0.4) is 0 Å². The summed E-state index contributed by atoms with van der Waals surface area (Å²) in [6.45, 7) is 14.7. The average Bonchev–Trinajstić information content (AvgIpc) is 3.00. The van der Waals surface area contributed by atoms with Crippen LogP contribution in [0.15, 0.2) is 58.2 Å². The van der Waals surface area contributed by atoms with E-state index in [-0.39, 0.29) is 5.41 Å². The first kappa shape index (κ1) is 21.0. The van der Waals surface area contributed by atoms with Crippen LogP contribution in [0.5, 0.6) is 5.75 Å². The summed E-state index contributed by atoms with van der Waals surface area (Å²) in [7, 11) is 1.75. The van der Waals surface area contributed by atoms with E-state index in [1.54, 1.807) is 7.11 Å². The molecule has 4 rings (SSSR count). The van der Waals surface area contributed by atoms with Crippen LogP contribution in [0, 0.1) is 5.41 Å². The molecule has 0 saturated carbocycles. The summed E-state index contributed by atoms with van der Waals surface area (Å²) in [5, 5.41) is 0. The lowest BCUT2D eigenvalue weighted by atomic mass is 9.85. The molecule has 5 nitrogen and oxygen atoms in total. The number of allylic oxidation sites excluding steroid dienone is 5. The van der Waals surface area contributed by atoms with Crippen LogP contribution in [0.1, 0.15) is 39.7 Å². The average molecular weight is 410 g/mol. The molecule has 1 unspecified atom stereocenters. The summed E-state index contributed by atoms with van der Waals surface area (Å²) < 4.78 is 11.5. The highest BCUT2D eigenvalue weighted by molar-refractivity contribution is 5.58. The van der Waals surface area contributed by atoms with E-state index in [4.69, 9.17) is 15.2 Å². The molecule has 1 aliphatic carbocycles. The van der Waals surface area contributed by atoms with Crippen molar-refractivity contribution in [3.8, 4) is 5.75 Å². The van der Waals surface area contributed by atoms with Gasteiger partial charge in [-0.15, -0.1) is 0 Å². The lowest BCUT2D eigenvalue weighted by Gasteiger charge is -2.39. The highest BCUT2D eigenvalue weighted by Gasteiger charge is 2.43. The smallest absolute Gasteiger partial charge is 0.123 e. The molecule has 30 heavy (non-hydrogen) atoms.